The van der Waals surface area contributed by atoms with E-state index in [2.05, 4.69) is 0 Å². The third-order valence-electron chi connectivity index (χ3n) is 0.814. The van der Waals surface area contributed by atoms with Crippen molar-refractivity contribution in [1.29, 1.82) is 0 Å². The third-order valence-corrected chi connectivity index (χ3v) is 0.814. The maximum Gasteiger partial charge on any atom is 0.201 e. The molecule has 0 N–H and O–H groups in total. The lowest BCUT2D eigenvalue weighted by Crippen LogP contribution is -1.89. The highest BCUT2D eigenvalue weighted by molar-refractivity contribution is 5.53. The van der Waals surface area contributed by atoms with Crippen molar-refractivity contribution < 1.29 is 4.79 Å². The fourth-order valence-electron chi connectivity index (χ4n) is 0.0833. The second-order valence-electron chi connectivity index (χ2n) is 1.43. The molecule has 0 spiro atoms. The first kappa shape index (κ1) is 5.67. The first-order valence-electron chi connectivity index (χ1n) is 2.19. The Balaban J connectivity index is 2.96. The van der Waals surface area contributed by atoms with Crippen molar-refractivity contribution in [3.63, 3.8) is 0 Å². The molecule has 1 nitrogen and oxygen atoms in total. The molecule has 0 aliphatic rings. The van der Waals surface area contributed by atoms with E-state index >= 15 is 0 Å². The fraction of sp³-hybridized carbons (Fsp3) is 0.800. The van der Waals surface area contributed by atoms with Crippen molar-refractivity contribution in [2.75, 3.05) is 0 Å². The van der Waals surface area contributed by atoms with Crippen LogP contribution in [-0.4, -0.2) is 6.29 Å². The highest BCUT2D eigenvalue weighted by Crippen LogP contribution is 1.91. The molecule has 1 radical (unpaired) electrons. The smallest absolute Gasteiger partial charge is 0.201 e. The number of hydrogen-bond donors (Lipinski definition) is 0. The van der Waals surface area contributed by atoms with Crippen molar-refractivity contribution in [3.05, 3.63) is 0 Å². The van der Waals surface area contributed by atoms with E-state index in [9.17, 15) is 4.79 Å². The highest BCUT2D eigenvalue weighted by atomic mass is 16.1. The topological polar surface area (TPSA) is 17.1 Å². The molecule has 0 saturated heterocycles. The maximum atomic E-state index is 9.61. The van der Waals surface area contributed by atoms with Crippen LogP contribution in [0.15, 0.2) is 0 Å². The zero-order chi connectivity index (χ0) is 4.99. The van der Waals surface area contributed by atoms with Crippen LogP contribution in [-0.2, 0) is 4.79 Å². The first-order valence-corrected chi connectivity index (χ1v) is 2.19. The summed E-state index contributed by atoms with van der Waals surface area (Å²) in [5, 5.41) is 0. The average Bonchev–Trinajstić information content (AvgIpc) is 1.65. The van der Waals surface area contributed by atoms with Gasteiger partial charge in [-0.3, -0.25) is 4.79 Å². The molecule has 6 heavy (non-hydrogen) atoms. The Bertz CT molecular complexity index is 41.2. The molecule has 1 heteroatoms. The maximum absolute atomic E-state index is 9.61. The molecule has 0 amide bonds. The molecule has 0 bridgehead atoms. The average molecular weight is 85.1 g/mol. The Hall–Kier alpha value is -0.330. The van der Waals surface area contributed by atoms with E-state index in [0.717, 1.165) is 6.42 Å². The van der Waals surface area contributed by atoms with Gasteiger partial charge >= 0.3 is 0 Å². The van der Waals surface area contributed by atoms with Crippen LogP contribution < -0.4 is 0 Å². The van der Waals surface area contributed by atoms with Gasteiger partial charge in [-0.2, -0.15) is 0 Å². The second-order valence-corrected chi connectivity index (χ2v) is 1.43. The quantitative estimate of drug-likeness (QED) is 0.491. The molecular formula is C5H9O. The molecule has 0 saturated carbocycles. The minimum Gasteiger partial charge on any atom is -0.291 e. The molecule has 35 valence electrons. The standard InChI is InChI=1S/C5H9O/c1-3-5(2)4-6/h5H,3H2,1-2H3. The minimum atomic E-state index is 0.130. The Morgan fingerprint density at radius 1 is 1.83 bits per heavy atom. The lowest BCUT2D eigenvalue weighted by molar-refractivity contribution is 0.525. The van der Waals surface area contributed by atoms with Gasteiger partial charge in [-0.25, -0.2) is 0 Å². The van der Waals surface area contributed by atoms with Crippen molar-refractivity contribution in [2.24, 2.45) is 5.92 Å². The summed E-state index contributed by atoms with van der Waals surface area (Å²) in [4.78, 5) is 9.61. The van der Waals surface area contributed by atoms with E-state index in [4.69, 9.17) is 0 Å². The van der Waals surface area contributed by atoms with E-state index in [1.807, 2.05) is 20.1 Å². The molecule has 0 aliphatic carbocycles. The van der Waals surface area contributed by atoms with Gasteiger partial charge < -0.3 is 0 Å². The summed E-state index contributed by atoms with van der Waals surface area (Å²) >= 11 is 0. The summed E-state index contributed by atoms with van der Waals surface area (Å²) in [5.74, 6) is 0.130. The van der Waals surface area contributed by atoms with E-state index in [-0.39, 0.29) is 5.92 Å². The van der Waals surface area contributed by atoms with Crippen LogP contribution in [0.25, 0.3) is 0 Å². The Labute approximate surface area is 38.4 Å². The minimum absolute atomic E-state index is 0.130. The summed E-state index contributed by atoms with van der Waals surface area (Å²) in [7, 11) is 0. The molecular weight excluding hydrogens is 76.1 g/mol. The Morgan fingerprint density at radius 2 is 2.33 bits per heavy atom. The van der Waals surface area contributed by atoms with Gasteiger partial charge in [0.25, 0.3) is 0 Å². The summed E-state index contributed by atoms with van der Waals surface area (Å²) < 4.78 is 0. The van der Waals surface area contributed by atoms with Crippen LogP contribution in [0, 0.1) is 5.92 Å². The zero-order valence-corrected chi connectivity index (χ0v) is 4.19. The number of hydrogen-bond acceptors (Lipinski definition) is 1. The summed E-state index contributed by atoms with van der Waals surface area (Å²) in [6.07, 6.45) is 2.77. The predicted octanol–water partition coefficient (Wildman–Crippen LogP) is 1.14. The summed E-state index contributed by atoms with van der Waals surface area (Å²) in [6, 6.07) is 0. The van der Waals surface area contributed by atoms with Crippen molar-refractivity contribution in [2.45, 2.75) is 20.3 Å². The largest absolute Gasteiger partial charge is 0.291 e. The van der Waals surface area contributed by atoms with Crippen molar-refractivity contribution in [1.82, 2.24) is 0 Å². The van der Waals surface area contributed by atoms with E-state index in [0.29, 0.717) is 0 Å². The molecule has 1 atom stereocenters. The lowest BCUT2D eigenvalue weighted by atomic mass is 10.2. The SMILES string of the molecule is CCC(C)[C]=O. The molecule has 0 aromatic heterocycles. The molecule has 0 aromatic rings. The monoisotopic (exact) mass is 85.1 g/mol. The Morgan fingerprint density at radius 3 is 2.33 bits per heavy atom. The van der Waals surface area contributed by atoms with Crippen molar-refractivity contribution in [3.8, 4) is 0 Å². The zero-order valence-electron chi connectivity index (χ0n) is 4.19. The summed E-state index contributed by atoms with van der Waals surface area (Å²) in [5.41, 5.74) is 0. The van der Waals surface area contributed by atoms with Gasteiger partial charge in [0.1, 0.15) is 0 Å². The van der Waals surface area contributed by atoms with Gasteiger partial charge in [0.2, 0.25) is 6.29 Å². The van der Waals surface area contributed by atoms with Crippen LogP contribution in [0.5, 0.6) is 0 Å². The van der Waals surface area contributed by atoms with Crippen LogP contribution in [0.2, 0.25) is 0 Å². The van der Waals surface area contributed by atoms with Gasteiger partial charge in [0, 0.05) is 5.92 Å². The summed E-state index contributed by atoms with van der Waals surface area (Å²) in [6.45, 7) is 3.82. The number of rotatable bonds is 2. The van der Waals surface area contributed by atoms with Crippen molar-refractivity contribution >= 4 is 6.29 Å². The highest BCUT2D eigenvalue weighted by Gasteiger charge is 1.91. The first-order chi connectivity index (χ1) is 2.81. The Kier molecular flexibility index (Phi) is 2.73. The molecule has 1 unspecified atom stereocenters. The molecule has 0 heterocycles. The fourth-order valence-corrected chi connectivity index (χ4v) is 0.0833. The molecule has 0 fully saturated rings. The molecule has 0 aromatic carbocycles. The van der Waals surface area contributed by atoms with Gasteiger partial charge in [0.15, 0.2) is 0 Å². The lowest BCUT2D eigenvalue weighted by Gasteiger charge is -1.88. The second kappa shape index (κ2) is 2.88. The van der Waals surface area contributed by atoms with Crippen LogP contribution >= 0.6 is 0 Å². The van der Waals surface area contributed by atoms with Crippen LogP contribution in [0.4, 0.5) is 0 Å². The van der Waals surface area contributed by atoms with Gasteiger partial charge in [-0.15, -0.1) is 0 Å². The predicted molar refractivity (Wildman–Crippen MR) is 25.1 cm³/mol. The molecule has 0 rings (SSSR count). The van der Waals surface area contributed by atoms with E-state index in [1.165, 1.54) is 0 Å². The van der Waals surface area contributed by atoms with E-state index < -0.39 is 0 Å². The van der Waals surface area contributed by atoms with Gasteiger partial charge in [-0.1, -0.05) is 13.8 Å². The third kappa shape index (κ3) is 1.94. The number of carbonyl (C=O) groups excluding carboxylic acids is 1. The van der Waals surface area contributed by atoms with Gasteiger partial charge in [-0.05, 0) is 6.42 Å². The normalized spacial score (nSPS) is 13.7. The van der Waals surface area contributed by atoms with Crippen LogP contribution in [0.1, 0.15) is 20.3 Å². The molecule has 0 aliphatic heterocycles. The van der Waals surface area contributed by atoms with Gasteiger partial charge in [0.05, 0.1) is 0 Å². The van der Waals surface area contributed by atoms with E-state index in [1.54, 1.807) is 0 Å². The van der Waals surface area contributed by atoms with Crippen LogP contribution in [0.3, 0.4) is 0 Å².